The lowest BCUT2D eigenvalue weighted by Crippen LogP contribution is -2.33. The van der Waals surface area contributed by atoms with Gasteiger partial charge in [0.2, 0.25) is 5.91 Å². The van der Waals surface area contributed by atoms with Crippen LogP contribution in [-0.4, -0.2) is 44.0 Å². The Bertz CT molecular complexity index is 664. The van der Waals surface area contributed by atoms with E-state index in [4.69, 9.17) is 4.74 Å². The minimum Gasteiger partial charge on any atom is -0.442 e. The van der Waals surface area contributed by atoms with Gasteiger partial charge in [-0.3, -0.25) is 14.7 Å². The van der Waals surface area contributed by atoms with Crippen LogP contribution >= 0.6 is 0 Å². The summed E-state index contributed by atoms with van der Waals surface area (Å²) in [6.07, 6.45) is 4.18. The van der Waals surface area contributed by atoms with Gasteiger partial charge in [-0.15, -0.1) is 0 Å². The van der Waals surface area contributed by atoms with Crippen LogP contribution in [0.4, 0.5) is 10.5 Å². The van der Waals surface area contributed by atoms with Crippen LogP contribution in [0.15, 0.2) is 35.3 Å². The van der Waals surface area contributed by atoms with Crippen LogP contribution in [0, 0.1) is 0 Å². The van der Waals surface area contributed by atoms with E-state index in [9.17, 15) is 9.59 Å². The van der Waals surface area contributed by atoms with Gasteiger partial charge in [0.05, 0.1) is 19.6 Å². The Morgan fingerprint density at radius 3 is 2.83 bits per heavy atom. The summed E-state index contributed by atoms with van der Waals surface area (Å²) in [4.78, 5) is 28.7. The number of amides is 2. The molecular weight excluding hydrogens is 294 g/mol. The number of carbonyl (C=O) groups is 2. The molecule has 2 amide bonds. The highest BCUT2D eigenvalue weighted by Gasteiger charge is 2.32. The molecule has 1 aromatic rings. The first-order valence-electron chi connectivity index (χ1n) is 7.64. The molecule has 23 heavy (non-hydrogen) atoms. The maximum absolute atomic E-state index is 12.0. The highest BCUT2D eigenvalue weighted by atomic mass is 16.6. The van der Waals surface area contributed by atoms with Crippen LogP contribution < -0.4 is 10.2 Å². The van der Waals surface area contributed by atoms with E-state index in [0.29, 0.717) is 13.1 Å². The molecule has 1 N–H and O–H groups in total. The molecule has 1 aromatic carbocycles. The molecule has 6 nitrogen and oxygen atoms in total. The highest BCUT2D eigenvalue weighted by Crippen LogP contribution is 2.25. The maximum atomic E-state index is 12.0. The average molecular weight is 313 g/mol. The zero-order valence-electron chi connectivity index (χ0n) is 13.0. The maximum Gasteiger partial charge on any atom is 0.414 e. The Labute approximate surface area is 134 Å². The number of nitrogens with one attached hydrogen (secondary N) is 1. The van der Waals surface area contributed by atoms with Gasteiger partial charge in [-0.2, -0.15) is 0 Å². The van der Waals surface area contributed by atoms with Crippen LogP contribution in [0.25, 0.3) is 5.57 Å². The number of cyclic esters (lactones) is 1. The fourth-order valence-electron chi connectivity index (χ4n) is 2.67. The fourth-order valence-corrected chi connectivity index (χ4v) is 2.67. The molecule has 1 atom stereocenters. The van der Waals surface area contributed by atoms with Crippen molar-refractivity contribution in [2.24, 2.45) is 4.99 Å². The Balaban J connectivity index is 1.66. The van der Waals surface area contributed by atoms with Crippen molar-refractivity contribution in [1.82, 2.24) is 5.32 Å². The summed E-state index contributed by atoms with van der Waals surface area (Å²) >= 11 is 0. The highest BCUT2D eigenvalue weighted by molar-refractivity contribution is 5.90. The van der Waals surface area contributed by atoms with Crippen LogP contribution in [0.1, 0.15) is 18.9 Å². The minimum absolute atomic E-state index is 0.131. The second kappa shape index (κ2) is 6.64. The van der Waals surface area contributed by atoms with E-state index < -0.39 is 0 Å². The minimum atomic E-state index is -0.378. The quantitative estimate of drug-likeness (QED) is 0.924. The van der Waals surface area contributed by atoms with Crippen molar-refractivity contribution in [3.63, 3.8) is 0 Å². The van der Waals surface area contributed by atoms with Crippen LogP contribution in [-0.2, 0) is 9.53 Å². The summed E-state index contributed by atoms with van der Waals surface area (Å²) in [7, 11) is 0. The number of ether oxygens (including phenoxy) is 1. The molecule has 0 bridgehead atoms. The molecule has 2 aliphatic heterocycles. The second-order valence-corrected chi connectivity index (χ2v) is 5.58. The summed E-state index contributed by atoms with van der Waals surface area (Å²) in [5.41, 5.74) is 3.19. The number of carbonyl (C=O) groups excluding carboxylic acids is 2. The third kappa shape index (κ3) is 3.59. The molecule has 0 radical (unpaired) electrons. The first-order valence-corrected chi connectivity index (χ1v) is 7.64. The van der Waals surface area contributed by atoms with Gasteiger partial charge >= 0.3 is 6.09 Å². The van der Waals surface area contributed by atoms with Crippen molar-refractivity contribution in [3.8, 4) is 0 Å². The summed E-state index contributed by atoms with van der Waals surface area (Å²) < 4.78 is 5.27. The zero-order valence-corrected chi connectivity index (χ0v) is 13.0. The second-order valence-electron chi connectivity index (χ2n) is 5.58. The molecule has 1 unspecified atom stereocenters. The molecular formula is C17H19N3O3. The smallest absolute Gasteiger partial charge is 0.414 e. The predicted molar refractivity (Wildman–Crippen MR) is 88.7 cm³/mol. The van der Waals surface area contributed by atoms with Gasteiger partial charge in [0, 0.05) is 25.2 Å². The van der Waals surface area contributed by atoms with E-state index in [0.717, 1.165) is 24.2 Å². The number of hydrogen-bond donors (Lipinski definition) is 1. The number of dihydropyridines is 1. The number of allylic oxidation sites excluding steroid dienone is 1. The fraction of sp³-hybridized carbons (Fsp3) is 0.353. The topological polar surface area (TPSA) is 71.0 Å². The van der Waals surface area contributed by atoms with Crippen molar-refractivity contribution in [2.45, 2.75) is 19.4 Å². The lowest BCUT2D eigenvalue weighted by Gasteiger charge is -2.15. The van der Waals surface area contributed by atoms with Gasteiger partial charge in [0.15, 0.2) is 0 Å². The number of benzene rings is 1. The molecule has 120 valence electrons. The molecule has 3 rings (SSSR count). The largest absolute Gasteiger partial charge is 0.442 e. The van der Waals surface area contributed by atoms with Gasteiger partial charge in [-0.1, -0.05) is 18.2 Å². The number of anilines is 1. The third-order valence-electron chi connectivity index (χ3n) is 3.89. The van der Waals surface area contributed by atoms with E-state index in [1.165, 1.54) is 12.5 Å². The third-order valence-corrected chi connectivity index (χ3v) is 3.89. The van der Waals surface area contributed by atoms with Crippen molar-refractivity contribution in [2.75, 3.05) is 24.5 Å². The Morgan fingerprint density at radius 1 is 1.39 bits per heavy atom. The summed E-state index contributed by atoms with van der Waals surface area (Å²) in [5.74, 6) is -0.131. The molecule has 0 aromatic heterocycles. The van der Waals surface area contributed by atoms with Gasteiger partial charge in [-0.25, -0.2) is 4.79 Å². The number of nitrogens with zero attached hydrogens (tertiary/aromatic N) is 2. The molecule has 1 fully saturated rings. The van der Waals surface area contributed by atoms with Gasteiger partial charge < -0.3 is 10.1 Å². The lowest BCUT2D eigenvalue weighted by atomic mass is 10.0. The number of aliphatic imine (C=N–C) groups is 1. The standard InChI is InChI=1S/C17H19N3O3/c1-12(21)19-10-16-11-20(17(22)23-16)15-4-2-13(3-5-15)14-6-8-18-9-7-14/h2-6,9,16H,7-8,10-11H2,1H3,(H,19,21). The average Bonchev–Trinajstić information content (AvgIpc) is 2.95. The molecule has 0 spiro atoms. The van der Waals surface area contributed by atoms with Crippen molar-refractivity contribution in [1.29, 1.82) is 0 Å². The van der Waals surface area contributed by atoms with Crippen molar-refractivity contribution >= 4 is 29.5 Å². The number of rotatable bonds is 4. The summed E-state index contributed by atoms with van der Waals surface area (Å²) in [5, 5.41) is 2.67. The van der Waals surface area contributed by atoms with Crippen LogP contribution in [0.3, 0.4) is 0 Å². The molecule has 0 aliphatic carbocycles. The molecule has 6 heteroatoms. The van der Waals surface area contributed by atoms with Crippen molar-refractivity contribution in [3.05, 3.63) is 35.9 Å². The molecule has 2 aliphatic rings. The molecule has 0 saturated carbocycles. The van der Waals surface area contributed by atoms with Crippen LogP contribution in [0.5, 0.6) is 0 Å². The zero-order chi connectivity index (χ0) is 16.2. The monoisotopic (exact) mass is 313 g/mol. The Kier molecular flexibility index (Phi) is 4.41. The van der Waals surface area contributed by atoms with E-state index >= 15 is 0 Å². The van der Waals surface area contributed by atoms with Gasteiger partial charge in [0.1, 0.15) is 6.10 Å². The first kappa shape index (κ1) is 15.3. The van der Waals surface area contributed by atoms with E-state index in [1.807, 2.05) is 30.5 Å². The molecule has 1 saturated heterocycles. The van der Waals surface area contributed by atoms with E-state index in [1.54, 1.807) is 4.90 Å². The first-order chi connectivity index (χ1) is 11.1. The predicted octanol–water partition coefficient (Wildman–Crippen LogP) is 2.01. The Morgan fingerprint density at radius 2 is 2.17 bits per heavy atom. The van der Waals surface area contributed by atoms with Gasteiger partial charge in [-0.05, 0) is 23.3 Å². The normalized spacial score (nSPS) is 20.2. The number of hydrogen-bond acceptors (Lipinski definition) is 4. The van der Waals surface area contributed by atoms with Crippen LogP contribution in [0.2, 0.25) is 0 Å². The van der Waals surface area contributed by atoms with Crippen molar-refractivity contribution < 1.29 is 14.3 Å². The van der Waals surface area contributed by atoms with E-state index in [-0.39, 0.29) is 18.1 Å². The van der Waals surface area contributed by atoms with Gasteiger partial charge in [0.25, 0.3) is 0 Å². The summed E-state index contributed by atoms with van der Waals surface area (Å²) in [6, 6.07) is 7.86. The SMILES string of the molecule is CC(=O)NCC1CN(c2ccc(C3=CCN=CC3)cc2)C(=O)O1. The summed E-state index contributed by atoms with van der Waals surface area (Å²) in [6.45, 7) is 2.94. The lowest BCUT2D eigenvalue weighted by molar-refractivity contribution is -0.119. The molecule has 2 heterocycles. The Hall–Kier alpha value is -2.63. The van der Waals surface area contributed by atoms with E-state index in [2.05, 4.69) is 16.4 Å².